The molecule has 0 amide bonds. The average Bonchev–Trinajstić information content (AvgIpc) is 2.65. The zero-order chi connectivity index (χ0) is 12.7. The maximum absolute atomic E-state index is 10.7. The lowest BCUT2D eigenvalue weighted by atomic mass is 10.5. The molecule has 1 heterocycles. The van der Waals surface area contributed by atoms with Gasteiger partial charge in [0.2, 0.25) is 5.82 Å². The van der Waals surface area contributed by atoms with Crippen molar-refractivity contribution in [3.8, 4) is 0 Å². The third kappa shape index (κ3) is 4.37. The zero-order valence-electron chi connectivity index (χ0n) is 9.88. The predicted molar refractivity (Wildman–Crippen MR) is 61.0 cm³/mol. The first-order valence-electron chi connectivity index (χ1n) is 5.13. The highest BCUT2D eigenvalue weighted by atomic mass is 16.6. The van der Waals surface area contributed by atoms with Gasteiger partial charge in [0.15, 0.2) is 0 Å². The van der Waals surface area contributed by atoms with Crippen LogP contribution in [0.2, 0.25) is 0 Å². The second-order valence-corrected chi connectivity index (χ2v) is 3.33. The molecule has 0 saturated carbocycles. The van der Waals surface area contributed by atoms with Crippen LogP contribution in [-0.4, -0.2) is 48.2 Å². The number of aromatic nitrogens is 2. The zero-order valence-corrected chi connectivity index (χ0v) is 9.88. The van der Waals surface area contributed by atoms with Gasteiger partial charge < -0.3 is 14.8 Å². The summed E-state index contributed by atoms with van der Waals surface area (Å²) >= 11 is 0. The second-order valence-electron chi connectivity index (χ2n) is 3.33. The summed E-state index contributed by atoms with van der Waals surface area (Å²) in [6.45, 7) is 1.94. The van der Waals surface area contributed by atoms with E-state index in [0.29, 0.717) is 26.4 Å². The Balaban J connectivity index is 2.33. The minimum atomic E-state index is -0.471. The van der Waals surface area contributed by atoms with Crippen LogP contribution in [0.15, 0.2) is 6.20 Å². The first kappa shape index (κ1) is 13.4. The maximum Gasteiger partial charge on any atom is 0.330 e. The molecule has 0 atom stereocenters. The fourth-order valence-electron chi connectivity index (χ4n) is 1.22. The van der Waals surface area contributed by atoms with E-state index in [-0.39, 0.29) is 11.5 Å². The molecule has 0 aliphatic carbocycles. The molecule has 1 N–H and O–H groups in total. The first-order valence-corrected chi connectivity index (χ1v) is 5.13. The average molecular weight is 244 g/mol. The van der Waals surface area contributed by atoms with Gasteiger partial charge in [0.25, 0.3) is 0 Å². The fourth-order valence-corrected chi connectivity index (χ4v) is 1.22. The number of ether oxygens (including phenoxy) is 2. The van der Waals surface area contributed by atoms with Crippen molar-refractivity contribution in [1.29, 1.82) is 0 Å². The number of aryl methyl sites for hydroxylation is 1. The second kappa shape index (κ2) is 6.81. The van der Waals surface area contributed by atoms with Crippen molar-refractivity contribution in [2.45, 2.75) is 0 Å². The van der Waals surface area contributed by atoms with Crippen LogP contribution in [0.4, 0.5) is 11.5 Å². The Labute approximate surface area is 98.7 Å². The summed E-state index contributed by atoms with van der Waals surface area (Å²) in [5.41, 5.74) is -0.0376. The van der Waals surface area contributed by atoms with Crippen LogP contribution < -0.4 is 5.32 Å². The lowest BCUT2D eigenvalue weighted by Crippen LogP contribution is -2.13. The van der Waals surface area contributed by atoms with E-state index in [0.717, 1.165) is 0 Å². The molecule has 0 aliphatic rings. The maximum atomic E-state index is 10.7. The Kier molecular flexibility index (Phi) is 5.37. The number of nitro groups is 1. The van der Waals surface area contributed by atoms with Crippen molar-refractivity contribution in [3.63, 3.8) is 0 Å². The number of hydrogen-bond acceptors (Lipinski definition) is 6. The third-order valence-electron chi connectivity index (χ3n) is 1.98. The summed E-state index contributed by atoms with van der Waals surface area (Å²) in [5.74, 6) is 0.257. The van der Waals surface area contributed by atoms with Crippen LogP contribution >= 0.6 is 0 Å². The normalized spacial score (nSPS) is 10.5. The summed E-state index contributed by atoms with van der Waals surface area (Å²) in [7, 11) is 3.23. The highest BCUT2D eigenvalue weighted by Gasteiger charge is 2.17. The highest BCUT2D eigenvalue weighted by Crippen LogP contribution is 2.20. The van der Waals surface area contributed by atoms with E-state index in [2.05, 4.69) is 10.4 Å². The van der Waals surface area contributed by atoms with Gasteiger partial charge in [-0.1, -0.05) is 0 Å². The third-order valence-corrected chi connectivity index (χ3v) is 1.98. The van der Waals surface area contributed by atoms with Crippen LogP contribution in [-0.2, 0) is 16.5 Å². The Morgan fingerprint density at radius 2 is 2.29 bits per heavy atom. The van der Waals surface area contributed by atoms with E-state index in [1.54, 1.807) is 14.2 Å². The van der Waals surface area contributed by atoms with Gasteiger partial charge in [-0.3, -0.25) is 14.8 Å². The molecule has 8 nitrogen and oxygen atoms in total. The molecule has 0 saturated heterocycles. The van der Waals surface area contributed by atoms with Crippen LogP contribution in [0.5, 0.6) is 0 Å². The van der Waals surface area contributed by atoms with Crippen LogP contribution in [0.3, 0.4) is 0 Å². The van der Waals surface area contributed by atoms with Gasteiger partial charge in [-0.25, -0.2) is 0 Å². The SMILES string of the molecule is COCCOCCNc1nn(C)cc1[N+](=O)[O-]. The summed E-state index contributed by atoms with van der Waals surface area (Å²) in [4.78, 5) is 10.2. The Morgan fingerprint density at radius 3 is 2.94 bits per heavy atom. The molecule has 96 valence electrons. The lowest BCUT2D eigenvalue weighted by molar-refractivity contribution is -0.384. The van der Waals surface area contributed by atoms with Crippen LogP contribution in [0.1, 0.15) is 0 Å². The molecule has 1 aromatic rings. The van der Waals surface area contributed by atoms with Crippen molar-refractivity contribution in [1.82, 2.24) is 9.78 Å². The first-order chi connectivity index (χ1) is 8.15. The highest BCUT2D eigenvalue weighted by molar-refractivity contribution is 5.54. The molecular formula is C9H16N4O4. The smallest absolute Gasteiger partial charge is 0.330 e. The number of methoxy groups -OCH3 is 1. The van der Waals surface area contributed by atoms with Gasteiger partial charge in [-0.05, 0) is 0 Å². The molecule has 0 aliphatic heterocycles. The van der Waals surface area contributed by atoms with Crippen molar-refractivity contribution in [3.05, 3.63) is 16.3 Å². The molecule has 0 spiro atoms. The minimum absolute atomic E-state index is 0.0376. The summed E-state index contributed by atoms with van der Waals surface area (Å²) in [6.07, 6.45) is 1.36. The molecule has 0 unspecified atom stereocenters. The number of rotatable bonds is 8. The molecule has 1 rings (SSSR count). The molecule has 0 bridgehead atoms. The van der Waals surface area contributed by atoms with Crippen molar-refractivity contribution in [2.24, 2.45) is 7.05 Å². The van der Waals surface area contributed by atoms with E-state index in [1.807, 2.05) is 0 Å². The summed E-state index contributed by atoms with van der Waals surface area (Å²) in [5, 5.41) is 17.5. The number of nitrogens with one attached hydrogen (secondary N) is 1. The van der Waals surface area contributed by atoms with Gasteiger partial charge in [0, 0.05) is 20.7 Å². The summed E-state index contributed by atoms with van der Waals surface area (Å²) in [6, 6.07) is 0. The minimum Gasteiger partial charge on any atom is -0.382 e. The van der Waals surface area contributed by atoms with Gasteiger partial charge >= 0.3 is 5.69 Å². The largest absolute Gasteiger partial charge is 0.382 e. The number of nitrogens with zero attached hydrogens (tertiary/aromatic N) is 3. The standard InChI is InChI=1S/C9H16N4O4/c1-12-7-8(13(14)15)9(11-12)10-3-4-17-6-5-16-2/h7H,3-6H2,1-2H3,(H,10,11). The van der Waals surface area contributed by atoms with Gasteiger partial charge in [-0.2, -0.15) is 0 Å². The van der Waals surface area contributed by atoms with E-state index < -0.39 is 4.92 Å². The van der Waals surface area contributed by atoms with E-state index in [1.165, 1.54) is 10.9 Å². The van der Waals surface area contributed by atoms with Gasteiger partial charge in [0.05, 0.1) is 24.7 Å². The fraction of sp³-hybridized carbons (Fsp3) is 0.667. The van der Waals surface area contributed by atoms with E-state index >= 15 is 0 Å². The van der Waals surface area contributed by atoms with Gasteiger partial charge in [0.1, 0.15) is 6.20 Å². The quantitative estimate of drug-likeness (QED) is 0.404. The number of anilines is 1. The van der Waals surface area contributed by atoms with E-state index in [4.69, 9.17) is 9.47 Å². The van der Waals surface area contributed by atoms with Crippen molar-refractivity contribution in [2.75, 3.05) is 38.8 Å². The van der Waals surface area contributed by atoms with E-state index in [9.17, 15) is 10.1 Å². The Bertz CT molecular complexity index is 366. The monoisotopic (exact) mass is 244 g/mol. The van der Waals surface area contributed by atoms with Gasteiger partial charge in [-0.15, -0.1) is 5.10 Å². The molecular weight excluding hydrogens is 228 g/mol. The van der Waals surface area contributed by atoms with Crippen LogP contribution in [0.25, 0.3) is 0 Å². The molecule has 8 heteroatoms. The molecule has 17 heavy (non-hydrogen) atoms. The Morgan fingerprint density at radius 1 is 1.53 bits per heavy atom. The van der Waals surface area contributed by atoms with Crippen molar-refractivity contribution >= 4 is 11.5 Å². The summed E-state index contributed by atoms with van der Waals surface area (Å²) < 4.78 is 11.4. The molecule has 0 fully saturated rings. The molecule has 0 radical (unpaired) electrons. The van der Waals surface area contributed by atoms with Crippen LogP contribution in [0, 0.1) is 10.1 Å². The lowest BCUT2D eigenvalue weighted by Gasteiger charge is -2.04. The molecule has 0 aromatic carbocycles. The predicted octanol–water partition coefficient (Wildman–Crippen LogP) is 0.403. The number of hydrogen-bond donors (Lipinski definition) is 1. The van der Waals surface area contributed by atoms with Crippen molar-refractivity contribution < 1.29 is 14.4 Å². The molecule has 1 aromatic heterocycles. The topological polar surface area (TPSA) is 91.5 Å². The Hall–Kier alpha value is -1.67.